The Labute approximate surface area is 285 Å². The summed E-state index contributed by atoms with van der Waals surface area (Å²) in [4.78, 5) is 11.3. The summed E-state index contributed by atoms with van der Waals surface area (Å²) < 4.78 is 13.7. The Bertz CT molecular complexity index is 2500. The maximum Gasteiger partial charge on any atom is 0.308 e. The van der Waals surface area contributed by atoms with Crippen molar-refractivity contribution in [3.63, 3.8) is 0 Å². The number of aromatic nitrogens is 1. The highest BCUT2D eigenvalue weighted by molar-refractivity contribution is 6.06. The van der Waals surface area contributed by atoms with E-state index in [2.05, 4.69) is 121 Å². The number of ether oxygens (including phenoxy) is 1. The average Bonchev–Trinajstić information content (AvgIpc) is 3.64. The molecule has 238 valence electrons. The maximum absolute atomic E-state index is 11.3. The summed E-state index contributed by atoms with van der Waals surface area (Å²) in [6.45, 7) is 7.85. The summed E-state index contributed by atoms with van der Waals surface area (Å²) in [5.74, 6) is 0.483. The van der Waals surface area contributed by atoms with E-state index in [1.165, 1.54) is 34.6 Å². The summed E-state index contributed by atoms with van der Waals surface area (Å²) in [5, 5.41) is 3.42. The summed E-state index contributed by atoms with van der Waals surface area (Å²) >= 11 is 0. The van der Waals surface area contributed by atoms with Crippen molar-refractivity contribution < 1.29 is 13.9 Å². The molecule has 8 rings (SSSR count). The van der Waals surface area contributed by atoms with Gasteiger partial charge in [-0.15, -0.1) is 0 Å². The van der Waals surface area contributed by atoms with E-state index in [9.17, 15) is 4.79 Å². The monoisotopic (exact) mass is 637 g/mol. The molecule has 2 aromatic heterocycles. The molecule has 0 spiro atoms. The van der Waals surface area contributed by atoms with E-state index in [1.54, 1.807) is 0 Å². The smallest absolute Gasteiger partial charge is 0.308 e. The highest BCUT2D eigenvalue weighted by atomic mass is 16.5. The van der Waals surface area contributed by atoms with Crippen molar-refractivity contribution in [2.24, 2.45) is 0 Å². The molecule has 1 atom stereocenters. The Morgan fingerprint density at radius 3 is 2.45 bits per heavy atom. The number of para-hydroxylation sites is 2. The standard InChI is InChI=1S/C45H35NO3/c1-4-31(33-11-9-13-35(25-33)36-14-10-12-34(26-36)32-19-22-38(23-20-32)48-30(3)47)27-41-29(2)46(43-17-7-5-15-39(41)43)37-21-24-45-42(28-37)40-16-6-8-18-44(40)49-45/h4-25,27-28,34H,1,26H2,2-3H3/b31-27+. The Kier molecular flexibility index (Phi) is 7.69. The van der Waals surface area contributed by atoms with Gasteiger partial charge in [0, 0.05) is 45.9 Å². The molecule has 1 unspecified atom stereocenters. The van der Waals surface area contributed by atoms with Gasteiger partial charge in [0.2, 0.25) is 0 Å². The van der Waals surface area contributed by atoms with Gasteiger partial charge in [-0.3, -0.25) is 4.79 Å². The second kappa shape index (κ2) is 12.5. The molecule has 49 heavy (non-hydrogen) atoms. The van der Waals surface area contributed by atoms with Crippen LogP contribution in [0.15, 0.2) is 151 Å². The normalized spacial score (nSPS) is 14.8. The third-order valence-corrected chi connectivity index (χ3v) is 9.52. The molecular weight excluding hydrogens is 602 g/mol. The van der Waals surface area contributed by atoms with E-state index >= 15 is 0 Å². The summed E-state index contributed by atoms with van der Waals surface area (Å²) in [6.07, 6.45) is 11.7. The zero-order chi connectivity index (χ0) is 33.5. The van der Waals surface area contributed by atoms with Crippen molar-refractivity contribution in [3.8, 4) is 11.4 Å². The second-order valence-corrected chi connectivity index (χ2v) is 12.6. The van der Waals surface area contributed by atoms with Gasteiger partial charge >= 0.3 is 5.97 Å². The van der Waals surface area contributed by atoms with Crippen molar-refractivity contribution in [2.75, 3.05) is 0 Å². The first-order valence-corrected chi connectivity index (χ1v) is 16.6. The molecule has 0 bridgehead atoms. The van der Waals surface area contributed by atoms with E-state index in [0.717, 1.165) is 56.4 Å². The molecule has 0 saturated carbocycles. The molecule has 1 aliphatic carbocycles. The Balaban J connectivity index is 1.14. The van der Waals surface area contributed by atoms with Gasteiger partial charge in [-0.25, -0.2) is 0 Å². The molecular formula is C45H35NO3. The van der Waals surface area contributed by atoms with Crippen LogP contribution in [0.5, 0.6) is 5.75 Å². The van der Waals surface area contributed by atoms with Crippen molar-refractivity contribution in [1.82, 2.24) is 4.57 Å². The number of carbonyl (C=O) groups is 1. The Hall–Kier alpha value is -6.13. The number of fused-ring (bicyclic) bond motifs is 4. The maximum atomic E-state index is 11.3. The number of hydrogen-bond donors (Lipinski definition) is 0. The topological polar surface area (TPSA) is 44.4 Å². The van der Waals surface area contributed by atoms with Gasteiger partial charge in [-0.2, -0.15) is 0 Å². The van der Waals surface area contributed by atoms with Crippen molar-refractivity contribution in [1.29, 1.82) is 0 Å². The fraction of sp³-hybridized carbons (Fsp3) is 0.0889. The average molecular weight is 638 g/mol. The lowest BCUT2D eigenvalue weighted by atomic mass is 9.85. The van der Waals surface area contributed by atoms with Crippen LogP contribution in [0.2, 0.25) is 0 Å². The number of benzene rings is 5. The number of furan rings is 1. The molecule has 1 aliphatic rings. The quantitative estimate of drug-likeness (QED) is 0.0992. The number of allylic oxidation sites excluding steroid dienone is 6. The van der Waals surface area contributed by atoms with Gasteiger partial charge in [0.1, 0.15) is 16.9 Å². The fourth-order valence-corrected chi connectivity index (χ4v) is 7.15. The molecule has 0 saturated heterocycles. The fourth-order valence-electron chi connectivity index (χ4n) is 7.15. The van der Waals surface area contributed by atoms with E-state index in [0.29, 0.717) is 5.75 Å². The van der Waals surface area contributed by atoms with Crippen LogP contribution in [0.1, 0.15) is 47.2 Å². The lowest BCUT2D eigenvalue weighted by molar-refractivity contribution is -0.131. The third-order valence-electron chi connectivity index (χ3n) is 9.52. The van der Waals surface area contributed by atoms with Crippen LogP contribution in [0, 0.1) is 6.92 Å². The number of rotatable bonds is 7. The van der Waals surface area contributed by atoms with Gasteiger partial charge in [0.25, 0.3) is 0 Å². The van der Waals surface area contributed by atoms with Crippen LogP contribution in [0.4, 0.5) is 0 Å². The molecule has 7 aromatic rings. The van der Waals surface area contributed by atoms with Crippen LogP contribution >= 0.6 is 0 Å². The molecule has 0 amide bonds. The van der Waals surface area contributed by atoms with E-state index in [-0.39, 0.29) is 11.9 Å². The SMILES string of the molecule is C=C/C(=C\c1c(C)n(-c2ccc3oc4ccccc4c3c2)c2ccccc12)c1cccc(C2=CC=CC(c3ccc(OC(C)=O)cc3)C2)c1. The Morgan fingerprint density at radius 2 is 1.63 bits per heavy atom. The molecule has 0 N–H and O–H groups in total. The highest BCUT2D eigenvalue weighted by Crippen LogP contribution is 2.38. The van der Waals surface area contributed by atoms with E-state index in [1.807, 2.05) is 42.5 Å². The van der Waals surface area contributed by atoms with Crippen LogP contribution in [0.3, 0.4) is 0 Å². The summed E-state index contributed by atoms with van der Waals surface area (Å²) in [6, 6.07) is 39.8. The lowest BCUT2D eigenvalue weighted by Gasteiger charge is -2.20. The molecule has 0 fully saturated rings. The molecule has 4 heteroatoms. The summed E-state index contributed by atoms with van der Waals surface area (Å²) in [7, 11) is 0. The van der Waals surface area contributed by atoms with Crippen LogP contribution in [0.25, 0.3) is 55.8 Å². The molecule has 0 aliphatic heterocycles. The predicted molar refractivity (Wildman–Crippen MR) is 202 cm³/mol. The number of nitrogens with zero attached hydrogens (tertiary/aromatic N) is 1. The second-order valence-electron chi connectivity index (χ2n) is 12.6. The molecule has 5 aromatic carbocycles. The van der Waals surface area contributed by atoms with Crippen molar-refractivity contribution in [3.05, 3.63) is 174 Å². The van der Waals surface area contributed by atoms with Gasteiger partial charge in [0.05, 0.1) is 5.52 Å². The van der Waals surface area contributed by atoms with E-state index < -0.39 is 0 Å². The molecule has 4 nitrogen and oxygen atoms in total. The van der Waals surface area contributed by atoms with E-state index in [4.69, 9.17) is 9.15 Å². The largest absolute Gasteiger partial charge is 0.456 e. The first-order valence-electron chi connectivity index (χ1n) is 16.6. The van der Waals surface area contributed by atoms with Crippen molar-refractivity contribution in [2.45, 2.75) is 26.2 Å². The first-order chi connectivity index (χ1) is 24.0. The Morgan fingerprint density at radius 1 is 0.857 bits per heavy atom. The highest BCUT2D eigenvalue weighted by Gasteiger charge is 2.18. The molecule has 0 radical (unpaired) electrons. The van der Waals surface area contributed by atoms with Gasteiger partial charge in [0.15, 0.2) is 0 Å². The van der Waals surface area contributed by atoms with Gasteiger partial charge < -0.3 is 13.7 Å². The minimum absolute atomic E-state index is 0.234. The zero-order valence-electron chi connectivity index (χ0n) is 27.5. The first kappa shape index (κ1) is 30.2. The zero-order valence-corrected chi connectivity index (χ0v) is 27.5. The third kappa shape index (κ3) is 5.62. The van der Waals surface area contributed by atoms with Gasteiger partial charge in [-0.1, -0.05) is 97.6 Å². The number of carbonyl (C=O) groups excluding carboxylic acids is 1. The number of esters is 1. The van der Waals surface area contributed by atoms with Crippen LogP contribution in [-0.2, 0) is 4.79 Å². The minimum atomic E-state index is -0.314. The van der Waals surface area contributed by atoms with Crippen molar-refractivity contribution >= 4 is 56.0 Å². The number of hydrogen-bond acceptors (Lipinski definition) is 3. The van der Waals surface area contributed by atoms with Gasteiger partial charge in [-0.05, 0) is 95.8 Å². The summed E-state index contributed by atoms with van der Waals surface area (Å²) in [5.41, 5.74) is 12.2. The molecule has 2 heterocycles. The van der Waals surface area contributed by atoms with Crippen LogP contribution < -0.4 is 4.74 Å². The van der Waals surface area contributed by atoms with Crippen LogP contribution in [-0.4, -0.2) is 10.5 Å². The lowest BCUT2D eigenvalue weighted by Crippen LogP contribution is -2.03. The predicted octanol–water partition coefficient (Wildman–Crippen LogP) is 11.6. The minimum Gasteiger partial charge on any atom is -0.456 e.